The maximum absolute atomic E-state index is 12.2. The van der Waals surface area contributed by atoms with Crippen molar-refractivity contribution in [2.75, 3.05) is 13.1 Å². The van der Waals surface area contributed by atoms with Crippen LogP contribution >= 0.6 is 0 Å². The summed E-state index contributed by atoms with van der Waals surface area (Å²) in [5, 5.41) is 5.66. The van der Waals surface area contributed by atoms with Crippen molar-refractivity contribution in [3.63, 3.8) is 0 Å². The van der Waals surface area contributed by atoms with Crippen LogP contribution in [0.4, 0.5) is 0 Å². The van der Waals surface area contributed by atoms with Gasteiger partial charge in [0.15, 0.2) is 0 Å². The second-order valence-corrected chi connectivity index (χ2v) is 6.98. The summed E-state index contributed by atoms with van der Waals surface area (Å²) in [5.41, 5.74) is -0.357. The van der Waals surface area contributed by atoms with E-state index in [-0.39, 0.29) is 35.2 Å². The van der Waals surface area contributed by atoms with Gasteiger partial charge in [0, 0.05) is 31.0 Å². The summed E-state index contributed by atoms with van der Waals surface area (Å²) in [7, 11) is 0. The van der Waals surface area contributed by atoms with Crippen LogP contribution in [0.3, 0.4) is 0 Å². The van der Waals surface area contributed by atoms with E-state index < -0.39 is 0 Å². The summed E-state index contributed by atoms with van der Waals surface area (Å²) in [6.45, 7) is 7.13. The lowest BCUT2D eigenvalue weighted by Gasteiger charge is -2.36. The molecule has 2 aliphatic rings. The third-order valence-corrected chi connectivity index (χ3v) is 4.08. The number of rotatable bonds is 2. The van der Waals surface area contributed by atoms with Gasteiger partial charge in [-0.15, -0.1) is 0 Å². The second kappa shape index (κ2) is 6.03. The fourth-order valence-corrected chi connectivity index (χ4v) is 2.81. The van der Waals surface area contributed by atoms with Crippen LogP contribution in [0.5, 0.6) is 0 Å². The molecule has 0 aliphatic carbocycles. The van der Waals surface area contributed by atoms with E-state index in [0.29, 0.717) is 25.9 Å². The quantitative estimate of drug-likeness (QED) is 0.775. The number of nitrogens with one attached hydrogen (secondary N) is 2. The van der Waals surface area contributed by atoms with Crippen LogP contribution in [0.1, 0.15) is 46.5 Å². The Bertz CT molecular complexity index is 434. The molecule has 0 bridgehead atoms. The zero-order valence-electron chi connectivity index (χ0n) is 13.1. The van der Waals surface area contributed by atoms with E-state index in [1.54, 1.807) is 0 Å². The molecule has 1 atom stereocenters. The lowest BCUT2D eigenvalue weighted by Crippen LogP contribution is -2.52. The van der Waals surface area contributed by atoms with E-state index in [2.05, 4.69) is 10.6 Å². The van der Waals surface area contributed by atoms with E-state index >= 15 is 0 Å². The Morgan fingerprint density at radius 1 is 1.19 bits per heavy atom. The molecule has 2 N–H and O–H groups in total. The van der Waals surface area contributed by atoms with Crippen molar-refractivity contribution in [2.45, 2.75) is 58.5 Å². The second-order valence-electron chi connectivity index (χ2n) is 6.98. The predicted molar refractivity (Wildman–Crippen MR) is 78.4 cm³/mol. The molecule has 118 valence electrons. The van der Waals surface area contributed by atoms with Gasteiger partial charge in [-0.05, 0) is 19.3 Å². The lowest BCUT2D eigenvalue weighted by molar-refractivity contribution is -0.140. The van der Waals surface area contributed by atoms with Gasteiger partial charge in [0.1, 0.15) is 6.04 Å². The van der Waals surface area contributed by atoms with Crippen molar-refractivity contribution in [3.8, 4) is 0 Å². The number of nitrogens with zero attached hydrogens (tertiary/aromatic N) is 1. The Balaban J connectivity index is 1.78. The molecule has 3 amide bonds. The van der Waals surface area contributed by atoms with Gasteiger partial charge in [0.25, 0.3) is 0 Å². The number of hydrogen-bond acceptors (Lipinski definition) is 3. The largest absolute Gasteiger partial charge is 0.351 e. The number of carbonyl (C=O) groups is 3. The van der Waals surface area contributed by atoms with E-state index in [1.807, 2.05) is 25.7 Å². The molecule has 0 spiro atoms. The number of piperidine rings is 1. The first-order valence-electron chi connectivity index (χ1n) is 7.66. The van der Waals surface area contributed by atoms with Crippen LogP contribution < -0.4 is 10.6 Å². The first kappa shape index (κ1) is 15.8. The minimum absolute atomic E-state index is 0.0549. The number of likely N-dealkylation sites (tertiary alicyclic amines) is 1. The first-order valence-corrected chi connectivity index (χ1v) is 7.66. The summed E-state index contributed by atoms with van der Waals surface area (Å²) in [4.78, 5) is 37.2. The van der Waals surface area contributed by atoms with E-state index in [1.165, 1.54) is 0 Å². The van der Waals surface area contributed by atoms with Crippen molar-refractivity contribution in [2.24, 2.45) is 5.41 Å². The standard InChI is InChI=1S/C15H25N3O3/c1-15(2,3)14(21)18-8-6-10(7-9-18)16-13(20)11-4-5-12(19)17-11/h10-11H,4-9H2,1-3H3,(H,16,20)(H,17,19). The molecular weight excluding hydrogens is 270 g/mol. The van der Waals surface area contributed by atoms with E-state index in [4.69, 9.17) is 0 Å². The van der Waals surface area contributed by atoms with E-state index in [0.717, 1.165) is 12.8 Å². The van der Waals surface area contributed by atoms with Gasteiger partial charge < -0.3 is 15.5 Å². The van der Waals surface area contributed by atoms with Gasteiger partial charge >= 0.3 is 0 Å². The Labute approximate surface area is 125 Å². The normalized spacial score (nSPS) is 23.9. The minimum atomic E-state index is -0.383. The summed E-state index contributed by atoms with van der Waals surface area (Å²) >= 11 is 0. The fraction of sp³-hybridized carbons (Fsp3) is 0.800. The van der Waals surface area contributed by atoms with Gasteiger partial charge in [-0.3, -0.25) is 14.4 Å². The molecule has 2 fully saturated rings. The van der Waals surface area contributed by atoms with Crippen LogP contribution in [0.25, 0.3) is 0 Å². The highest BCUT2D eigenvalue weighted by molar-refractivity contribution is 5.90. The van der Waals surface area contributed by atoms with Crippen molar-refractivity contribution in [1.82, 2.24) is 15.5 Å². The molecule has 0 radical (unpaired) electrons. The van der Waals surface area contributed by atoms with Crippen LogP contribution in [-0.2, 0) is 14.4 Å². The summed E-state index contributed by atoms with van der Waals surface area (Å²) in [6.07, 6.45) is 2.55. The van der Waals surface area contributed by atoms with Gasteiger partial charge in [-0.2, -0.15) is 0 Å². The predicted octanol–water partition coefficient (Wildman–Crippen LogP) is 0.418. The first-order chi connectivity index (χ1) is 9.77. The molecule has 2 saturated heterocycles. The SMILES string of the molecule is CC(C)(C)C(=O)N1CCC(NC(=O)C2CCC(=O)N2)CC1. The molecule has 2 rings (SSSR count). The third-order valence-electron chi connectivity index (χ3n) is 4.08. The maximum Gasteiger partial charge on any atom is 0.242 e. The van der Waals surface area contributed by atoms with Crippen molar-refractivity contribution in [1.29, 1.82) is 0 Å². The van der Waals surface area contributed by atoms with Gasteiger partial charge in [-0.1, -0.05) is 20.8 Å². The van der Waals surface area contributed by atoms with Gasteiger partial charge in [0.2, 0.25) is 17.7 Å². The number of hydrogen-bond donors (Lipinski definition) is 2. The van der Waals surface area contributed by atoms with Crippen LogP contribution in [0.15, 0.2) is 0 Å². The Morgan fingerprint density at radius 3 is 2.29 bits per heavy atom. The van der Waals surface area contributed by atoms with Crippen molar-refractivity contribution < 1.29 is 14.4 Å². The topological polar surface area (TPSA) is 78.5 Å². The Kier molecular flexibility index (Phi) is 4.54. The molecule has 1 unspecified atom stereocenters. The highest BCUT2D eigenvalue weighted by Gasteiger charge is 2.32. The number of amides is 3. The molecule has 6 heteroatoms. The molecule has 0 saturated carbocycles. The minimum Gasteiger partial charge on any atom is -0.351 e. The summed E-state index contributed by atoms with van der Waals surface area (Å²) in [5.74, 6) is 0.0116. The molecular formula is C15H25N3O3. The zero-order chi connectivity index (χ0) is 15.6. The van der Waals surface area contributed by atoms with Crippen molar-refractivity contribution in [3.05, 3.63) is 0 Å². The average molecular weight is 295 g/mol. The Morgan fingerprint density at radius 2 is 1.81 bits per heavy atom. The summed E-state index contributed by atoms with van der Waals surface area (Å²) in [6, 6.07) is -0.286. The van der Waals surface area contributed by atoms with Crippen LogP contribution in [0, 0.1) is 5.41 Å². The lowest BCUT2D eigenvalue weighted by atomic mass is 9.93. The zero-order valence-corrected chi connectivity index (χ0v) is 13.1. The average Bonchev–Trinajstić information content (AvgIpc) is 2.84. The maximum atomic E-state index is 12.2. The van der Waals surface area contributed by atoms with Crippen molar-refractivity contribution >= 4 is 17.7 Å². The van der Waals surface area contributed by atoms with Crippen LogP contribution in [-0.4, -0.2) is 47.8 Å². The molecule has 0 aromatic carbocycles. The smallest absolute Gasteiger partial charge is 0.242 e. The van der Waals surface area contributed by atoms with Gasteiger partial charge in [0.05, 0.1) is 0 Å². The molecule has 6 nitrogen and oxygen atoms in total. The number of carbonyl (C=O) groups excluding carboxylic acids is 3. The molecule has 2 heterocycles. The Hall–Kier alpha value is -1.59. The van der Waals surface area contributed by atoms with E-state index in [9.17, 15) is 14.4 Å². The molecule has 21 heavy (non-hydrogen) atoms. The highest BCUT2D eigenvalue weighted by atomic mass is 16.2. The molecule has 0 aromatic heterocycles. The summed E-state index contributed by atoms with van der Waals surface area (Å²) < 4.78 is 0. The van der Waals surface area contributed by atoms with Crippen LogP contribution in [0.2, 0.25) is 0 Å². The highest BCUT2D eigenvalue weighted by Crippen LogP contribution is 2.21. The third kappa shape index (κ3) is 3.95. The fourth-order valence-electron chi connectivity index (χ4n) is 2.81. The molecule has 0 aromatic rings. The van der Waals surface area contributed by atoms with Gasteiger partial charge in [-0.25, -0.2) is 0 Å². The monoisotopic (exact) mass is 295 g/mol. The molecule has 2 aliphatic heterocycles.